The van der Waals surface area contributed by atoms with Crippen LogP contribution in [-0.2, 0) is 6.18 Å². The van der Waals surface area contributed by atoms with Gasteiger partial charge in [0.2, 0.25) is 0 Å². The highest BCUT2D eigenvalue weighted by Crippen LogP contribution is 2.32. The molecule has 12 heteroatoms. The van der Waals surface area contributed by atoms with Crippen molar-refractivity contribution in [2.45, 2.75) is 6.18 Å². The molecule has 0 spiro atoms. The fraction of sp³-hybridized carbons (Fsp3) is 0.158. The molecule has 0 aliphatic heterocycles. The third-order valence-electron chi connectivity index (χ3n) is 4.02. The Morgan fingerprint density at radius 2 is 1.61 bits per heavy atom. The first-order chi connectivity index (χ1) is 14.7. The zero-order valence-electron chi connectivity index (χ0n) is 15.6. The molecule has 0 saturated carbocycles. The molecule has 31 heavy (non-hydrogen) atoms. The van der Waals surface area contributed by atoms with Crippen molar-refractivity contribution in [3.8, 4) is 5.69 Å². The summed E-state index contributed by atoms with van der Waals surface area (Å²) in [6, 6.07) is 9.42. The Labute approximate surface area is 171 Å². The minimum absolute atomic E-state index is 0.182. The predicted octanol–water partition coefficient (Wildman–Crippen LogP) is 2.72. The largest absolute Gasteiger partial charge is 0.435 e. The molecular formula is C19H14F5N5O2. The highest BCUT2D eigenvalue weighted by atomic mass is 19.4. The SMILES string of the molecule is O=C(NCCNC(=O)c1nnn(-c2cccc(F)c2)c1C(F)(F)F)c1ccccc1F. The quantitative estimate of drug-likeness (QED) is 0.457. The maximum Gasteiger partial charge on any atom is 0.435 e. The second kappa shape index (κ2) is 8.90. The Morgan fingerprint density at radius 3 is 2.26 bits per heavy atom. The maximum atomic E-state index is 13.5. The molecule has 0 radical (unpaired) electrons. The van der Waals surface area contributed by atoms with Crippen molar-refractivity contribution in [2.75, 3.05) is 13.1 Å². The van der Waals surface area contributed by atoms with E-state index in [1.165, 1.54) is 30.3 Å². The molecule has 0 unspecified atom stereocenters. The van der Waals surface area contributed by atoms with Gasteiger partial charge in [0.05, 0.1) is 11.3 Å². The van der Waals surface area contributed by atoms with Crippen LogP contribution in [0.1, 0.15) is 26.5 Å². The molecule has 0 fully saturated rings. The Hall–Kier alpha value is -3.83. The van der Waals surface area contributed by atoms with Crippen LogP contribution in [0, 0.1) is 11.6 Å². The summed E-state index contributed by atoms with van der Waals surface area (Å²) in [6.07, 6.45) is -5.01. The van der Waals surface area contributed by atoms with Crippen molar-refractivity contribution in [2.24, 2.45) is 0 Å². The third-order valence-corrected chi connectivity index (χ3v) is 4.02. The van der Waals surface area contributed by atoms with Gasteiger partial charge in [0.15, 0.2) is 11.4 Å². The van der Waals surface area contributed by atoms with Crippen LogP contribution >= 0.6 is 0 Å². The van der Waals surface area contributed by atoms with E-state index in [1.807, 2.05) is 0 Å². The molecule has 0 aliphatic carbocycles. The number of nitrogens with zero attached hydrogens (tertiary/aromatic N) is 3. The smallest absolute Gasteiger partial charge is 0.350 e. The summed E-state index contributed by atoms with van der Waals surface area (Å²) in [4.78, 5) is 24.1. The van der Waals surface area contributed by atoms with Gasteiger partial charge in [-0.2, -0.15) is 13.2 Å². The molecule has 1 aromatic heterocycles. The van der Waals surface area contributed by atoms with Gasteiger partial charge >= 0.3 is 6.18 Å². The number of benzene rings is 2. The summed E-state index contributed by atoms with van der Waals surface area (Å²) < 4.78 is 67.9. The summed E-state index contributed by atoms with van der Waals surface area (Å²) in [6.45, 7) is -0.443. The van der Waals surface area contributed by atoms with Crippen molar-refractivity contribution in [3.05, 3.63) is 77.1 Å². The molecule has 3 rings (SSSR count). The minimum atomic E-state index is -5.01. The lowest BCUT2D eigenvalue weighted by Gasteiger charge is -2.11. The average Bonchev–Trinajstić information content (AvgIpc) is 3.17. The monoisotopic (exact) mass is 439 g/mol. The van der Waals surface area contributed by atoms with Gasteiger partial charge in [-0.1, -0.05) is 23.4 Å². The molecule has 7 nitrogen and oxygen atoms in total. The van der Waals surface area contributed by atoms with Crippen LogP contribution in [0.25, 0.3) is 5.69 Å². The number of halogens is 5. The summed E-state index contributed by atoms with van der Waals surface area (Å²) >= 11 is 0. The average molecular weight is 439 g/mol. The highest BCUT2D eigenvalue weighted by Gasteiger charge is 2.42. The van der Waals surface area contributed by atoms with Crippen molar-refractivity contribution in [1.82, 2.24) is 25.6 Å². The molecule has 162 valence electrons. The van der Waals surface area contributed by atoms with E-state index in [9.17, 15) is 31.5 Å². The molecule has 0 atom stereocenters. The van der Waals surface area contributed by atoms with Gasteiger partial charge in [-0.3, -0.25) is 9.59 Å². The number of rotatable bonds is 6. The first kappa shape index (κ1) is 21.9. The van der Waals surface area contributed by atoms with Crippen LogP contribution in [0.3, 0.4) is 0 Å². The number of aromatic nitrogens is 3. The first-order valence-corrected chi connectivity index (χ1v) is 8.78. The van der Waals surface area contributed by atoms with Crippen molar-refractivity contribution in [1.29, 1.82) is 0 Å². The molecular weight excluding hydrogens is 425 g/mol. The molecule has 2 N–H and O–H groups in total. The summed E-state index contributed by atoms with van der Waals surface area (Å²) in [5.74, 6) is -3.49. The molecule has 2 amide bonds. The lowest BCUT2D eigenvalue weighted by atomic mass is 10.2. The number of nitrogens with one attached hydrogen (secondary N) is 2. The molecule has 0 aliphatic rings. The number of carbonyl (C=O) groups is 2. The molecule has 0 saturated heterocycles. The Bertz CT molecular complexity index is 1110. The summed E-state index contributed by atoms with van der Waals surface area (Å²) in [5.41, 5.74) is -2.98. The Morgan fingerprint density at radius 1 is 0.935 bits per heavy atom. The van der Waals surface area contributed by atoms with Gasteiger partial charge in [-0.15, -0.1) is 5.10 Å². The number of carbonyl (C=O) groups excluding carboxylic acids is 2. The lowest BCUT2D eigenvalue weighted by Crippen LogP contribution is -2.36. The normalized spacial score (nSPS) is 11.3. The van der Waals surface area contributed by atoms with Gasteiger partial charge in [-0.25, -0.2) is 13.5 Å². The van der Waals surface area contributed by atoms with Gasteiger partial charge in [0, 0.05) is 13.1 Å². The van der Waals surface area contributed by atoms with E-state index in [1.54, 1.807) is 0 Å². The van der Waals surface area contributed by atoms with Crippen molar-refractivity contribution < 1.29 is 31.5 Å². The van der Waals surface area contributed by atoms with E-state index < -0.39 is 41.0 Å². The van der Waals surface area contributed by atoms with E-state index in [4.69, 9.17) is 0 Å². The standard InChI is InChI=1S/C19H14F5N5O2/c20-11-4-3-5-12(10-11)29-16(19(22,23)24)15(27-28-29)18(31)26-9-8-25-17(30)13-6-1-2-7-14(13)21/h1-7,10H,8-9H2,(H,25,30)(H,26,31). The van der Waals surface area contributed by atoms with Crippen molar-refractivity contribution >= 4 is 11.8 Å². The van der Waals surface area contributed by atoms with Crippen LogP contribution < -0.4 is 10.6 Å². The zero-order chi connectivity index (χ0) is 22.6. The second-order valence-electron chi connectivity index (χ2n) is 6.17. The fourth-order valence-electron chi connectivity index (χ4n) is 2.65. The molecule has 2 aromatic carbocycles. The van der Waals surface area contributed by atoms with E-state index in [-0.39, 0.29) is 24.3 Å². The predicted molar refractivity (Wildman–Crippen MR) is 97.4 cm³/mol. The lowest BCUT2D eigenvalue weighted by molar-refractivity contribution is -0.143. The highest BCUT2D eigenvalue weighted by molar-refractivity contribution is 5.95. The Balaban J connectivity index is 1.69. The van der Waals surface area contributed by atoms with Gasteiger partial charge in [0.1, 0.15) is 11.6 Å². The van der Waals surface area contributed by atoms with Crippen LogP contribution in [0.15, 0.2) is 48.5 Å². The van der Waals surface area contributed by atoms with E-state index >= 15 is 0 Å². The van der Waals surface area contributed by atoms with E-state index in [0.717, 1.165) is 18.2 Å². The summed E-state index contributed by atoms with van der Waals surface area (Å²) in [5, 5.41) is 11.1. The van der Waals surface area contributed by atoms with Crippen LogP contribution in [-0.4, -0.2) is 39.9 Å². The van der Waals surface area contributed by atoms with E-state index in [0.29, 0.717) is 4.68 Å². The minimum Gasteiger partial charge on any atom is -0.350 e. The number of amides is 2. The number of hydrogen-bond acceptors (Lipinski definition) is 4. The maximum absolute atomic E-state index is 13.5. The number of alkyl halides is 3. The number of hydrogen-bond donors (Lipinski definition) is 2. The zero-order valence-corrected chi connectivity index (χ0v) is 15.6. The fourth-order valence-corrected chi connectivity index (χ4v) is 2.65. The molecule has 0 bridgehead atoms. The van der Waals surface area contributed by atoms with Gasteiger partial charge < -0.3 is 10.6 Å². The van der Waals surface area contributed by atoms with E-state index in [2.05, 4.69) is 20.9 Å². The van der Waals surface area contributed by atoms with Crippen molar-refractivity contribution in [3.63, 3.8) is 0 Å². The summed E-state index contributed by atoms with van der Waals surface area (Å²) in [7, 11) is 0. The first-order valence-electron chi connectivity index (χ1n) is 8.78. The van der Waals surface area contributed by atoms with Crippen LogP contribution in [0.2, 0.25) is 0 Å². The Kier molecular flexibility index (Phi) is 6.28. The van der Waals surface area contributed by atoms with Crippen LogP contribution in [0.4, 0.5) is 22.0 Å². The second-order valence-corrected chi connectivity index (χ2v) is 6.17. The molecule has 1 heterocycles. The van der Waals surface area contributed by atoms with Gasteiger partial charge in [0.25, 0.3) is 11.8 Å². The molecule has 3 aromatic rings. The van der Waals surface area contributed by atoms with Crippen LogP contribution in [0.5, 0.6) is 0 Å². The third kappa shape index (κ3) is 5.02. The van der Waals surface area contributed by atoms with Gasteiger partial charge in [-0.05, 0) is 30.3 Å². The topological polar surface area (TPSA) is 88.9 Å².